The molecule has 0 aliphatic heterocycles. The van der Waals surface area contributed by atoms with Crippen LogP contribution < -0.4 is 9.46 Å². The topological polar surface area (TPSA) is 81.2 Å². The molecular formula is C18H16ClN3O3S. The molecule has 2 aromatic heterocycles. The second-order valence-electron chi connectivity index (χ2n) is 5.41. The average molecular weight is 390 g/mol. The number of pyridine rings is 2. The van der Waals surface area contributed by atoms with Crippen LogP contribution in [-0.4, -0.2) is 25.5 Å². The van der Waals surface area contributed by atoms with E-state index in [1.54, 1.807) is 24.7 Å². The minimum atomic E-state index is -3.78. The summed E-state index contributed by atoms with van der Waals surface area (Å²) in [6.45, 7) is 0.0956. The highest BCUT2D eigenvalue weighted by atomic mass is 35.5. The summed E-state index contributed by atoms with van der Waals surface area (Å²) in [6.07, 6.45) is 5.03. The number of benzene rings is 1. The van der Waals surface area contributed by atoms with Crippen LogP contribution in [0.3, 0.4) is 0 Å². The Kier molecular flexibility index (Phi) is 5.51. The summed E-state index contributed by atoms with van der Waals surface area (Å²) in [4.78, 5) is 8.40. The SMILES string of the molecule is COc1ccc(Cl)cc1S(=O)(=O)NCc1ccc(-c2cccnc2)nc1. The molecule has 3 rings (SSSR count). The monoisotopic (exact) mass is 389 g/mol. The smallest absolute Gasteiger partial charge is 0.244 e. The number of nitrogens with zero attached hydrogens (tertiary/aromatic N) is 2. The predicted octanol–water partition coefficient (Wildman–Crippen LogP) is 3.28. The largest absolute Gasteiger partial charge is 0.495 e. The molecule has 2 heterocycles. The highest BCUT2D eigenvalue weighted by Crippen LogP contribution is 2.27. The van der Waals surface area contributed by atoms with Crippen molar-refractivity contribution in [2.75, 3.05) is 7.11 Å². The van der Waals surface area contributed by atoms with Gasteiger partial charge < -0.3 is 4.74 Å². The lowest BCUT2D eigenvalue weighted by Crippen LogP contribution is -2.23. The summed E-state index contributed by atoms with van der Waals surface area (Å²) in [5.41, 5.74) is 2.38. The lowest BCUT2D eigenvalue weighted by atomic mass is 10.1. The van der Waals surface area contributed by atoms with Gasteiger partial charge in [-0.1, -0.05) is 17.7 Å². The van der Waals surface area contributed by atoms with Crippen LogP contribution in [-0.2, 0) is 16.6 Å². The van der Waals surface area contributed by atoms with Crippen molar-refractivity contribution in [2.24, 2.45) is 0 Å². The van der Waals surface area contributed by atoms with E-state index in [0.717, 1.165) is 16.8 Å². The molecule has 6 nitrogen and oxygen atoms in total. The number of sulfonamides is 1. The van der Waals surface area contributed by atoms with Gasteiger partial charge in [0.05, 0.1) is 12.8 Å². The molecule has 0 aliphatic rings. The first-order valence-electron chi connectivity index (χ1n) is 7.68. The molecular weight excluding hydrogens is 374 g/mol. The van der Waals surface area contributed by atoms with Crippen molar-refractivity contribution in [1.29, 1.82) is 0 Å². The molecule has 0 saturated carbocycles. The maximum atomic E-state index is 12.5. The highest BCUT2D eigenvalue weighted by Gasteiger charge is 2.19. The fraction of sp³-hybridized carbons (Fsp3) is 0.111. The number of ether oxygens (including phenoxy) is 1. The lowest BCUT2D eigenvalue weighted by molar-refractivity contribution is 0.402. The second-order valence-corrected chi connectivity index (χ2v) is 7.58. The van der Waals surface area contributed by atoms with E-state index in [1.165, 1.54) is 19.2 Å². The summed E-state index contributed by atoms with van der Waals surface area (Å²) in [6, 6.07) is 11.8. The Bertz CT molecular complexity index is 994. The molecule has 8 heteroatoms. The summed E-state index contributed by atoms with van der Waals surface area (Å²) in [7, 11) is -2.38. The molecule has 0 aliphatic carbocycles. The van der Waals surface area contributed by atoms with E-state index in [1.807, 2.05) is 24.3 Å². The standard InChI is InChI=1S/C18H16ClN3O3S/c1-25-17-7-5-15(19)9-18(17)26(23,24)22-11-13-4-6-16(21-10-13)14-3-2-8-20-12-14/h2-10,12,22H,11H2,1H3. The van der Waals surface area contributed by atoms with Crippen LogP contribution in [0.5, 0.6) is 5.75 Å². The molecule has 0 atom stereocenters. The summed E-state index contributed by atoms with van der Waals surface area (Å²) < 4.78 is 32.7. The van der Waals surface area contributed by atoms with E-state index in [0.29, 0.717) is 5.02 Å². The van der Waals surface area contributed by atoms with Crippen LogP contribution in [0.4, 0.5) is 0 Å². The maximum absolute atomic E-state index is 12.5. The van der Waals surface area contributed by atoms with Gasteiger partial charge >= 0.3 is 0 Å². The van der Waals surface area contributed by atoms with Crippen molar-refractivity contribution < 1.29 is 13.2 Å². The minimum absolute atomic E-state index is 0.00700. The number of halogens is 1. The minimum Gasteiger partial charge on any atom is -0.495 e. The van der Waals surface area contributed by atoms with Crippen LogP contribution >= 0.6 is 11.6 Å². The van der Waals surface area contributed by atoms with Crippen LogP contribution in [0.15, 0.2) is 66.0 Å². The number of nitrogens with one attached hydrogen (secondary N) is 1. The quantitative estimate of drug-likeness (QED) is 0.699. The van der Waals surface area contributed by atoms with Gasteiger partial charge in [-0.3, -0.25) is 9.97 Å². The molecule has 0 saturated heterocycles. The van der Waals surface area contributed by atoms with Gasteiger partial charge in [-0.2, -0.15) is 0 Å². The number of hydrogen-bond acceptors (Lipinski definition) is 5. The fourth-order valence-electron chi connectivity index (χ4n) is 2.33. The lowest BCUT2D eigenvalue weighted by Gasteiger charge is -2.11. The number of aromatic nitrogens is 2. The molecule has 0 fully saturated rings. The Balaban J connectivity index is 1.75. The van der Waals surface area contributed by atoms with Crippen molar-refractivity contribution in [2.45, 2.75) is 11.4 Å². The van der Waals surface area contributed by atoms with Crippen molar-refractivity contribution in [3.63, 3.8) is 0 Å². The van der Waals surface area contributed by atoms with Gasteiger partial charge in [0.15, 0.2) is 0 Å². The molecule has 1 N–H and O–H groups in total. The molecule has 134 valence electrons. The molecule has 26 heavy (non-hydrogen) atoms. The fourth-order valence-corrected chi connectivity index (χ4v) is 3.78. The Hall–Kier alpha value is -2.48. The summed E-state index contributed by atoms with van der Waals surface area (Å²) in [5.74, 6) is 0.229. The normalized spacial score (nSPS) is 11.3. The van der Waals surface area contributed by atoms with E-state index >= 15 is 0 Å². The van der Waals surface area contributed by atoms with Crippen molar-refractivity contribution >= 4 is 21.6 Å². The predicted molar refractivity (Wildman–Crippen MR) is 99.5 cm³/mol. The first-order chi connectivity index (χ1) is 12.5. The van der Waals surface area contributed by atoms with Gasteiger partial charge in [0.1, 0.15) is 10.6 Å². The molecule has 0 unspecified atom stereocenters. The Morgan fingerprint density at radius 1 is 1.15 bits per heavy atom. The molecule has 0 bridgehead atoms. The Morgan fingerprint density at radius 2 is 2.00 bits per heavy atom. The Morgan fingerprint density at radius 3 is 2.65 bits per heavy atom. The Labute approximate surface area is 156 Å². The summed E-state index contributed by atoms with van der Waals surface area (Å²) >= 11 is 5.91. The van der Waals surface area contributed by atoms with E-state index in [2.05, 4.69) is 14.7 Å². The van der Waals surface area contributed by atoms with Crippen LogP contribution in [0, 0.1) is 0 Å². The number of hydrogen-bond donors (Lipinski definition) is 1. The zero-order valence-electron chi connectivity index (χ0n) is 13.9. The van der Waals surface area contributed by atoms with Gasteiger partial charge in [0, 0.05) is 35.7 Å². The van der Waals surface area contributed by atoms with Gasteiger partial charge in [0.2, 0.25) is 10.0 Å². The van der Waals surface area contributed by atoms with Gasteiger partial charge in [-0.05, 0) is 42.0 Å². The zero-order chi connectivity index (χ0) is 18.6. The molecule has 0 amide bonds. The third kappa shape index (κ3) is 4.19. The zero-order valence-corrected chi connectivity index (χ0v) is 15.5. The van der Waals surface area contributed by atoms with Crippen molar-refractivity contribution in [1.82, 2.24) is 14.7 Å². The van der Waals surface area contributed by atoms with E-state index in [-0.39, 0.29) is 17.2 Å². The first kappa shape index (κ1) is 18.3. The van der Waals surface area contributed by atoms with E-state index in [9.17, 15) is 8.42 Å². The van der Waals surface area contributed by atoms with E-state index in [4.69, 9.17) is 16.3 Å². The highest BCUT2D eigenvalue weighted by molar-refractivity contribution is 7.89. The number of methoxy groups -OCH3 is 1. The van der Waals surface area contributed by atoms with Gasteiger partial charge in [-0.25, -0.2) is 13.1 Å². The third-order valence-corrected chi connectivity index (χ3v) is 5.32. The first-order valence-corrected chi connectivity index (χ1v) is 9.54. The molecule has 3 aromatic rings. The number of rotatable bonds is 6. The maximum Gasteiger partial charge on any atom is 0.244 e. The summed E-state index contributed by atoms with van der Waals surface area (Å²) in [5, 5.41) is 0.314. The third-order valence-electron chi connectivity index (χ3n) is 3.66. The van der Waals surface area contributed by atoms with Gasteiger partial charge in [-0.15, -0.1) is 0 Å². The van der Waals surface area contributed by atoms with Crippen LogP contribution in [0.2, 0.25) is 5.02 Å². The van der Waals surface area contributed by atoms with Crippen molar-refractivity contribution in [3.8, 4) is 17.0 Å². The van der Waals surface area contributed by atoms with Crippen LogP contribution in [0.25, 0.3) is 11.3 Å². The van der Waals surface area contributed by atoms with Crippen molar-refractivity contribution in [3.05, 3.63) is 71.6 Å². The molecule has 1 aromatic carbocycles. The second kappa shape index (κ2) is 7.82. The average Bonchev–Trinajstić information content (AvgIpc) is 2.67. The van der Waals surface area contributed by atoms with Crippen LogP contribution in [0.1, 0.15) is 5.56 Å². The molecule has 0 spiro atoms. The molecule has 0 radical (unpaired) electrons. The van der Waals surface area contributed by atoms with E-state index < -0.39 is 10.0 Å². The van der Waals surface area contributed by atoms with Gasteiger partial charge in [0.25, 0.3) is 0 Å².